The van der Waals surface area contributed by atoms with Crippen LogP contribution in [0.4, 0.5) is 5.69 Å². The highest BCUT2D eigenvalue weighted by Crippen LogP contribution is 2.25. The van der Waals surface area contributed by atoms with Crippen LogP contribution in [0.25, 0.3) is 0 Å². The van der Waals surface area contributed by atoms with Gasteiger partial charge in [0.25, 0.3) is 0 Å². The molecule has 5 heteroatoms. The quantitative estimate of drug-likeness (QED) is 0.884. The highest BCUT2D eigenvalue weighted by Gasteiger charge is 2.35. The van der Waals surface area contributed by atoms with Gasteiger partial charge >= 0.3 is 0 Å². The maximum absolute atomic E-state index is 12.4. The zero-order valence-corrected chi connectivity index (χ0v) is 13.7. The second-order valence-corrected chi connectivity index (χ2v) is 6.48. The Balaban J connectivity index is 1.60. The number of carbonyl (C=O) groups excluding carboxylic acids is 2. The van der Waals surface area contributed by atoms with Crippen LogP contribution in [0, 0.1) is 5.92 Å². The molecular weight excluding hydrogens is 290 g/mol. The van der Waals surface area contributed by atoms with Crippen molar-refractivity contribution in [2.75, 3.05) is 24.5 Å². The van der Waals surface area contributed by atoms with E-state index in [0.717, 1.165) is 38.0 Å². The maximum atomic E-state index is 12.4. The van der Waals surface area contributed by atoms with E-state index >= 15 is 0 Å². The summed E-state index contributed by atoms with van der Waals surface area (Å²) in [6, 6.07) is 8.24. The standard InChI is InChI=1S/C18H25N3O2/c1-2-13-5-7-16(8-6-13)21-12-14(10-17(21)22)18(23)20-15-4-3-9-19-11-15/h5-8,14-15,19H,2-4,9-12H2,1H3,(H,20,23)/t14?,15-/m0/s1. The van der Waals surface area contributed by atoms with E-state index in [1.54, 1.807) is 4.90 Å². The third-order valence-corrected chi connectivity index (χ3v) is 4.80. The molecule has 5 nitrogen and oxygen atoms in total. The zero-order chi connectivity index (χ0) is 16.2. The largest absolute Gasteiger partial charge is 0.352 e. The molecule has 1 unspecified atom stereocenters. The van der Waals surface area contributed by atoms with Crippen molar-refractivity contribution in [3.8, 4) is 0 Å². The number of benzene rings is 1. The average molecular weight is 315 g/mol. The lowest BCUT2D eigenvalue weighted by Crippen LogP contribution is -2.47. The van der Waals surface area contributed by atoms with Gasteiger partial charge in [0.2, 0.25) is 11.8 Å². The van der Waals surface area contributed by atoms with Crippen LogP contribution in [0.3, 0.4) is 0 Å². The third-order valence-electron chi connectivity index (χ3n) is 4.80. The fourth-order valence-electron chi connectivity index (χ4n) is 3.34. The Kier molecular flexibility index (Phi) is 4.96. The molecular formula is C18H25N3O2. The number of nitrogens with zero attached hydrogens (tertiary/aromatic N) is 1. The first-order valence-electron chi connectivity index (χ1n) is 8.57. The lowest BCUT2D eigenvalue weighted by Gasteiger charge is -2.25. The van der Waals surface area contributed by atoms with E-state index in [-0.39, 0.29) is 23.8 Å². The van der Waals surface area contributed by atoms with Crippen LogP contribution < -0.4 is 15.5 Å². The predicted molar refractivity (Wildman–Crippen MR) is 90.3 cm³/mol. The first kappa shape index (κ1) is 16.0. The summed E-state index contributed by atoms with van der Waals surface area (Å²) in [5.41, 5.74) is 2.14. The van der Waals surface area contributed by atoms with Crippen LogP contribution in [0.5, 0.6) is 0 Å². The summed E-state index contributed by atoms with van der Waals surface area (Å²) in [5, 5.41) is 6.38. The summed E-state index contributed by atoms with van der Waals surface area (Å²) in [4.78, 5) is 26.4. The molecule has 0 radical (unpaired) electrons. The van der Waals surface area contributed by atoms with Gasteiger partial charge < -0.3 is 15.5 Å². The van der Waals surface area contributed by atoms with Crippen LogP contribution >= 0.6 is 0 Å². The first-order valence-corrected chi connectivity index (χ1v) is 8.57. The molecule has 124 valence electrons. The minimum absolute atomic E-state index is 0.0136. The van der Waals surface area contributed by atoms with E-state index in [1.807, 2.05) is 24.3 Å². The Hall–Kier alpha value is -1.88. The lowest BCUT2D eigenvalue weighted by molar-refractivity contribution is -0.127. The van der Waals surface area contributed by atoms with Crippen LogP contribution in [-0.2, 0) is 16.0 Å². The highest BCUT2D eigenvalue weighted by molar-refractivity contribution is 6.00. The summed E-state index contributed by atoms with van der Waals surface area (Å²) in [6.07, 6.45) is 3.39. The number of aryl methyl sites for hydroxylation is 1. The van der Waals surface area contributed by atoms with Crippen molar-refractivity contribution < 1.29 is 9.59 Å². The van der Waals surface area contributed by atoms with E-state index < -0.39 is 0 Å². The van der Waals surface area contributed by atoms with Crippen LogP contribution in [0.2, 0.25) is 0 Å². The Labute approximate surface area is 137 Å². The summed E-state index contributed by atoms with van der Waals surface area (Å²) >= 11 is 0. The molecule has 2 atom stereocenters. The van der Waals surface area contributed by atoms with Gasteiger partial charge in [-0.05, 0) is 43.5 Å². The molecule has 2 N–H and O–H groups in total. The number of anilines is 1. The Bertz CT molecular complexity index is 564. The molecule has 0 saturated carbocycles. The van der Waals surface area contributed by atoms with Gasteiger partial charge in [-0.25, -0.2) is 0 Å². The minimum Gasteiger partial charge on any atom is -0.352 e. The molecule has 0 aliphatic carbocycles. The third kappa shape index (κ3) is 3.72. The summed E-state index contributed by atoms with van der Waals surface area (Å²) in [5.74, 6) is -0.189. The van der Waals surface area contributed by atoms with E-state index in [9.17, 15) is 9.59 Å². The molecule has 2 heterocycles. The van der Waals surface area contributed by atoms with Crippen molar-refractivity contribution >= 4 is 17.5 Å². The average Bonchev–Trinajstić information content (AvgIpc) is 2.98. The van der Waals surface area contributed by atoms with Crippen molar-refractivity contribution in [3.05, 3.63) is 29.8 Å². The van der Waals surface area contributed by atoms with E-state index in [0.29, 0.717) is 13.0 Å². The number of carbonyl (C=O) groups is 2. The monoisotopic (exact) mass is 315 g/mol. The lowest BCUT2D eigenvalue weighted by atomic mass is 10.0. The van der Waals surface area contributed by atoms with Gasteiger partial charge in [0, 0.05) is 31.2 Å². The molecule has 1 aromatic rings. The van der Waals surface area contributed by atoms with Crippen molar-refractivity contribution in [2.45, 2.75) is 38.6 Å². The van der Waals surface area contributed by atoms with Gasteiger partial charge in [-0.3, -0.25) is 9.59 Å². The van der Waals surface area contributed by atoms with E-state index in [2.05, 4.69) is 17.6 Å². The molecule has 23 heavy (non-hydrogen) atoms. The molecule has 2 fully saturated rings. The zero-order valence-electron chi connectivity index (χ0n) is 13.7. The topological polar surface area (TPSA) is 61.4 Å². The molecule has 2 saturated heterocycles. The van der Waals surface area contributed by atoms with Crippen molar-refractivity contribution in [1.29, 1.82) is 0 Å². The summed E-state index contributed by atoms with van der Waals surface area (Å²) in [7, 11) is 0. The number of amides is 2. The second-order valence-electron chi connectivity index (χ2n) is 6.48. The molecule has 1 aromatic carbocycles. The number of hydrogen-bond acceptors (Lipinski definition) is 3. The maximum Gasteiger partial charge on any atom is 0.227 e. The Morgan fingerprint density at radius 3 is 2.78 bits per heavy atom. The smallest absolute Gasteiger partial charge is 0.227 e. The van der Waals surface area contributed by atoms with Gasteiger partial charge in [0.15, 0.2) is 0 Å². The Morgan fingerprint density at radius 2 is 2.13 bits per heavy atom. The van der Waals surface area contributed by atoms with Crippen molar-refractivity contribution in [3.63, 3.8) is 0 Å². The second kappa shape index (κ2) is 7.13. The molecule has 0 bridgehead atoms. The predicted octanol–water partition coefficient (Wildman–Crippen LogP) is 1.47. The van der Waals surface area contributed by atoms with E-state index in [1.165, 1.54) is 5.56 Å². The fourth-order valence-corrected chi connectivity index (χ4v) is 3.34. The van der Waals surface area contributed by atoms with Crippen LogP contribution in [-0.4, -0.2) is 37.5 Å². The number of rotatable bonds is 4. The van der Waals surface area contributed by atoms with Crippen molar-refractivity contribution in [2.24, 2.45) is 5.92 Å². The minimum atomic E-state index is -0.240. The molecule has 2 aliphatic rings. The SMILES string of the molecule is CCc1ccc(N2CC(C(=O)N[C@H]3CCCNC3)CC2=O)cc1. The Morgan fingerprint density at radius 1 is 1.35 bits per heavy atom. The van der Waals surface area contributed by atoms with Gasteiger partial charge in [-0.2, -0.15) is 0 Å². The van der Waals surface area contributed by atoms with Crippen LogP contribution in [0.15, 0.2) is 24.3 Å². The van der Waals surface area contributed by atoms with Gasteiger partial charge in [0.05, 0.1) is 5.92 Å². The number of hydrogen-bond donors (Lipinski definition) is 2. The highest BCUT2D eigenvalue weighted by atomic mass is 16.2. The molecule has 0 spiro atoms. The fraction of sp³-hybridized carbons (Fsp3) is 0.556. The first-order chi connectivity index (χ1) is 11.2. The molecule has 2 amide bonds. The summed E-state index contributed by atoms with van der Waals surface area (Å²) in [6.45, 7) is 4.44. The van der Waals surface area contributed by atoms with Crippen LogP contribution in [0.1, 0.15) is 31.7 Å². The van der Waals surface area contributed by atoms with Gasteiger partial charge in [0.1, 0.15) is 0 Å². The molecule has 2 aliphatic heterocycles. The number of nitrogens with one attached hydrogen (secondary N) is 2. The number of piperidine rings is 1. The molecule has 0 aromatic heterocycles. The molecule has 3 rings (SSSR count). The van der Waals surface area contributed by atoms with Gasteiger partial charge in [-0.15, -0.1) is 0 Å². The van der Waals surface area contributed by atoms with Gasteiger partial charge in [-0.1, -0.05) is 19.1 Å². The van der Waals surface area contributed by atoms with E-state index in [4.69, 9.17) is 0 Å². The summed E-state index contributed by atoms with van der Waals surface area (Å²) < 4.78 is 0. The van der Waals surface area contributed by atoms with Crippen molar-refractivity contribution in [1.82, 2.24) is 10.6 Å². The normalized spacial score (nSPS) is 24.7.